The second-order valence-electron chi connectivity index (χ2n) is 7.71. The summed E-state index contributed by atoms with van der Waals surface area (Å²) in [5.41, 5.74) is 9.21. The van der Waals surface area contributed by atoms with E-state index < -0.39 is 8.80 Å². The third-order valence-corrected chi connectivity index (χ3v) is 9.00. The van der Waals surface area contributed by atoms with Gasteiger partial charge in [-0.25, -0.2) is 0 Å². The molecule has 2 N–H and O–H groups in total. The zero-order valence-corrected chi connectivity index (χ0v) is 15.0. The average molecular weight is 304 g/mol. The lowest BCUT2D eigenvalue weighted by atomic mass is 9.63. The summed E-state index contributed by atoms with van der Waals surface area (Å²) < 4.78 is 0. The van der Waals surface area contributed by atoms with E-state index in [4.69, 9.17) is 5.73 Å². The molecule has 0 radical (unpaired) electrons. The van der Waals surface area contributed by atoms with Crippen LogP contribution >= 0.6 is 0 Å². The first-order valence-corrected chi connectivity index (χ1v) is 11.6. The minimum atomic E-state index is -0.934. The van der Waals surface area contributed by atoms with Crippen LogP contribution in [0.5, 0.6) is 0 Å². The molecule has 1 amide bonds. The first-order chi connectivity index (χ1) is 9.94. The number of hydrogen-bond acceptors (Lipinski definition) is 1. The van der Waals surface area contributed by atoms with Gasteiger partial charge in [-0.2, -0.15) is 0 Å². The van der Waals surface area contributed by atoms with Crippen LogP contribution in [0.15, 0.2) is 23.3 Å². The fraction of sp³-hybridized carbons (Fsp3) is 0.722. The molecule has 3 aliphatic rings. The number of rotatable bonds is 4. The van der Waals surface area contributed by atoms with Crippen LogP contribution in [0.3, 0.4) is 0 Å². The summed E-state index contributed by atoms with van der Waals surface area (Å²) in [6.07, 6.45) is 9.34. The fourth-order valence-electron chi connectivity index (χ4n) is 6.06. The van der Waals surface area contributed by atoms with E-state index >= 15 is 0 Å². The first-order valence-electron chi connectivity index (χ1n) is 8.66. The number of primary amides is 1. The maximum absolute atomic E-state index is 12.8. The number of hydrogen-bond donors (Lipinski definition) is 1. The molecule has 21 heavy (non-hydrogen) atoms. The van der Waals surface area contributed by atoms with Crippen LogP contribution in [0.1, 0.15) is 39.5 Å². The molecule has 2 bridgehead atoms. The standard InChI is InChI=1S/C18H29NOSi/c1-5-12-7-6-11(2)15(12)18(17(19)20)14-9-8-13(10-14)16(18)21(3)4/h6-7,11,13-14,16,21H,5,8-10H2,1-4H3,(H2,19,20). The molecule has 0 aromatic carbocycles. The number of fused-ring (bicyclic) bond motifs is 2. The van der Waals surface area contributed by atoms with E-state index in [0.717, 1.165) is 12.3 Å². The predicted octanol–water partition coefficient (Wildman–Crippen LogP) is 3.66. The molecule has 0 aromatic heterocycles. The number of allylic oxidation sites excluding steroid dienone is 3. The molecule has 116 valence electrons. The van der Waals surface area contributed by atoms with Crippen LogP contribution in [0, 0.1) is 23.2 Å². The molecule has 3 aliphatic carbocycles. The van der Waals surface area contributed by atoms with Crippen molar-refractivity contribution in [1.82, 2.24) is 0 Å². The molecule has 0 saturated heterocycles. The summed E-state index contributed by atoms with van der Waals surface area (Å²) in [6.45, 7) is 9.30. The highest BCUT2D eigenvalue weighted by Gasteiger charge is 2.64. The Kier molecular flexibility index (Phi) is 3.67. The molecule has 5 unspecified atom stereocenters. The van der Waals surface area contributed by atoms with E-state index in [1.807, 2.05) is 0 Å². The molecule has 2 nitrogen and oxygen atoms in total. The van der Waals surface area contributed by atoms with Gasteiger partial charge in [0.15, 0.2) is 0 Å². The van der Waals surface area contributed by atoms with Crippen molar-refractivity contribution < 1.29 is 4.79 Å². The van der Waals surface area contributed by atoms with Crippen molar-refractivity contribution >= 4 is 14.7 Å². The smallest absolute Gasteiger partial charge is 0.228 e. The summed E-state index contributed by atoms with van der Waals surface area (Å²) in [5.74, 6) is 1.64. The number of carbonyl (C=O) groups is 1. The van der Waals surface area contributed by atoms with Crippen LogP contribution in [0.4, 0.5) is 0 Å². The van der Waals surface area contributed by atoms with E-state index in [2.05, 4.69) is 39.1 Å². The summed E-state index contributed by atoms with van der Waals surface area (Å²) in [4.78, 5) is 12.8. The van der Waals surface area contributed by atoms with E-state index in [1.54, 1.807) is 0 Å². The van der Waals surface area contributed by atoms with Gasteiger partial charge in [0.1, 0.15) is 0 Å². The third kappa shape index (κ3) is 1.86. The highest BCUT2D eigenvalue weighted by molar-refractivity contribution is 6.58. The van der Waals surface area contributed by atoms with E-state index in [0.29, 0.717) is 17.4 Å². The quantitative estimate of drug-likeness (QED) is 0.791. The van der Waals surface area contributed by atoms with Gasteiger partial charge < -0.3 is 5.73 Å². The number of carbonyl (C=O) groups excluding carboxylic acids is 1. The predicted molar refractivity (Wildman–Crippen MR) is 90.7 cm³/mol. The Morgan fingerprint density at radius 2 is 2.14 bits per heavy atom. The lowest BCUT2D eigenvalue weighted by Crippen LogP contribution is -2.50. The Labute approximate surface area is 130 Å². The van der Waals surface area contributed by atoms with Crippen molar-refractivity contribution in [3.05, 3.63) is 23.3 Å². The van der Waals surface area contributed by atoms with Crippen molar-refractivity contribution in [2.24, 2.45) is 28.9 Å². The monoisotopic (exact) mass is 303 g/mol. The van der Waals surface area contributed by atoms with Crippen molar-refractivity contribution in [2.75, 3.05) is 0 Å². The van der Waals surface area contributed by atoms with Crippen LogP contribution in [0.25, 0.3) is 0 Å². The zero-order valence-electron chi connectivity index (χ0n) is 13.9. The second kappa shape index (κ2) is 5.11. The molecule has 2 fully saturated rings. The number of amides is 1. The molecule has 0 spiro atoms. The maximum atomic E-state index is 12.8. The van der Waals surface area contributed by atoms with Crippen molar-refractivity contribution in [2.45, 2.75) is 58.2 Å². The van der Waals surface area contributed by atoms with Crippen LogP contribution in [-0.4, -0.2) is 14.7 Å². The fourth-order valence-corrected chi connectivity index (χ4v) is 9.16. The molecular weight excluding hydrogens is 274 g/mol. The molecule has 5 atom stereocenters. The van der Waals surface area contributed by atoms with Gasteiger partial charge >= 0.3 is 0 Å². The van der Waals surface area contributed by atoms with Gasteiger partial charge in [0, 0.05) is 8.80 Å². The van der Waals surface area contributed by atoms with E-state index in [9.17, 15) is 4.79 Å². The Hall–Kier alpha value is -0.833. The van der Waals surface area contributed by atoms with Gasteiger partial charge in [-0.1, -0.05) is 45.5 Å². The largest absolute Gasteiger partial charge is 0.369 e. The van der Waals surface area contributed by atoms with Crippen LogP contribution < -0.4 is 5.73 Å². The Morgan fingerprint density at radius 3 is 2.71 bits per heavy atom. The first kappa shape index (κ1) is 15.1. The minimum Gasteiger partial charge on any atom is -0.369 e. The normalized spacial score (nSPS) is 41.6. The Morgan fingerprint density at radius 1 is 1.43 bits per heavy atom. The lowest BCUT2D eigenvalue weighted by Gasteiger charge is -2.46. The van der Waals surface area contributed by atoms with Gasteiger partial charge in [0.05, 0.1) is 5.41 Å². The van der Waals surface area contributed by atoms with Crippen molar-refractivity contribution in [3.63, 3.8) is 0 Å². The molecule has 0 heterocycles. The van der Waals surface area contributed by atoms with Crippen LogP contribution in [-0.2, 0) is 4.79 Å². The molecule has 0 aliphatic heterocycles. The average Bonchev–Trinajstić information content (AvgIpc) is 3.10. The summed E-state index contributed by atoms with van der Waals surface area (Å²) in [5, 5.41) is 0. The Balaban J connectivity index is 2.19. The molecule has 2 saturated carbocycles. The maximum Gasteiger partial charge on any atom is 0.228 e. The van der Waals surface area contributed by atoms with E-state index in [1.165, 1.54) is 30.4 Å². The highest BCUT2D eigenvalue weighted by Crippen LogP contribution is 2.68. The zero-order chi connectivity index (χ0) is 15.4. The topological polar surface area (TPSA) is 43.1 Å². The van der Waals surface area contributed by atoms with Gasteiger partial charge in [0.25, 0.3) is 0 Å². The number of nitrogens with two attached hydrogens (primary N) is 1. The van der Waals surface area contributed by atoms with E-state index in [-0.39, 0.29) is 11.3 Å². The summed E-state index contributed by atoms with van der Waals surface area (Å²) in [7, 11) is -0.934. The van der Waals surface area contributed by atoms with Gasteiger partial charge in [-0.3, -0.25) is 4.79 Å². The SMILES string of the molecule is CCC1=C(C2(C(N)=O)C3CCC(C3)C2[SiH](C)C)C(C)C=C1. The molecular formula is C18H29NOSi. The third-order valence-electron chi connectivity index (χ3n) is 6.49. The minimum absolute atomic E-state index is 0.0163. The molecule has 0 aromatic rings. The van der Waals surface area contributed by atoms with Gasteiger partial charge in [-0.05, 0) is 53.7 Å². The molecule has 3 heteroatoms. The highest BCUT2D eigenvalue weighted by atomic mass is 28.3. The summed E-state index contributed by atoms with van der Waals surface area (Å²) >= 11 is 0. The van der Waals surface area contributed by atoms with Crippen molar-refractivity contribution in [3.8, 4) is 0 Å². The lowest BCUT2D eigenvalue weighted by molar-refractivity contribution is -0.128. The van der Waals surface area contributed by atoms with Gasteiger partial charge in [0.2, 0.25) is 5.91 Å². The van der Waals surface area contributed by atoms with Crippen LogP contribution in [0.2, 0.25) is 18.6 Å². The van der Waals surface area contributed by atoms with Crippen molar-refractivity contribution in [1.29, 1.82) is 0 Å². The second-order valence-corrected chi connectivity index (χ2v) is 10.9. The summed E-state index contributed by atoms with van der Waals surface area (Å²) in [6, 6.07) is 0. The van der Waals surface area contributed by atoms with Gasteiger partial charge in [-0.15, -0.1) is 0 Å². The molecule has 3 rings (SSSR count). The Bertz CT molecular complexity index is 521.